The van der Waals surface area contributed by atoms with Crippen LogP contribution >= 0.6 is 0 Å². The minimum atomic E-state index is -0.379. The lowest BCUT2D eigenvalue weighted by Gasteiger charge is -2.06. The van der Waals surface area contributed by atoms with Crippen LogP contribution in [0.3, 0.4) is 0 Å². The second-order valence-corrected chi connectivity index (χ2v) is 8.17. The molecule has 0 saturated carbocycles. The number of fused-ring (bicyclic) bond motifs is 1. The third-order valence-corrected chi connectivity index (χ3v) is 6.00. The number of carbonyl (C=O) groups is 2. The van der Waals surface area contributed by atoms with Crippen molar-refractivity contribution in [2.24, 2.45) is 0 Å². The molecule has 0 atom stereocenters. The highest BCUT2D eigenvalue weighted by Crippen LogP contribution is 2.37. The summed E-state index contributed by atoms with van der Waals surface area (Å²) in [5.74, 6) is -0.0549. The Balaban J connectivity index is 1.63. The minimum Gasteiger partial charge on any atom is -0.497 e. The van der Waals surface area contributed by atoms with Gasteiger partial charge in [0.15, 0.2) is 0 Å². The molecule has 7 nitrogen and oxygen atoms in total. The highest BCUT2D eigenvalue weighted by Gasteiger charge is 2.34. The first kappa shape index (κ1) is 20.8. The predicted molar refractivity (Wildman–Crippen MR) is 126 cm³/mol. The third-order valence-electron chi connectivity index (χ3n) is 6.00. The van der Waals surface area contributed by atoms with E-state index in [-0.39, 0.29) is 11.8 Å². The number of benzene rings is 2. The number of imidazole rings is 1. The van der Waals surface area contributed by atoms with Crippen molar-refractivity contribution in [3.63, 3.8) is 0 Å². The molecule has 0 radical (unpaired) electrons. The largest absolute Gasteiger partial charge is 0.497 e. The van der Waals surface area contributed by atoms with Gasteiger partial charge in [-0.05, 0) is 37.1 Å². The summed E-state index contributed by atoms with van der Waals surface area (Å²) in [5.41, 5.74) is 4.33. The monoisotopic (exact) mass is 440 g/mol. The molecule has 1 aliphatic rings. The Hall–Kier alpha value is -4.13. The van der Waals surface area contributed by atoms with Gasteiger partial charge in [0.1, 0.15) is 5.75 Å². The minimum absolute atomic E-state index is 0.372. The van der Waals surface area contributed by atoms with E-state index >= 15 is 0 Å². The maximum atomic E-state index is 13.0. The molecule has 0 bridgehead atoms. The van der Waals surface area contributed by atoms with Gasteiger partial charge in [0, 0.05) is 48.1 Å². The quantitative estimate of drug-likeness (QED) is 0.443. The van der Waals surface area contributed by atoms with Gasteiger partial charge in [0.25, 0.3) is 11.8 Å². The first-order chi connectivity index (χ1) is 16.0. The molecule has 4 aromatic rings. The first-order valence-electron chi connectivity index (χ1n) is 10.8. The molecule has 0 fully saturated rings. The van der Waals surface area contributed by atoms with Crippen LogP contribution < -0.4 is 10.1 Å². The van der Waals surface area contributed by atoms with Gasteiger partial charge in [0.05, 0.1) is 24.6 Å². The summed E-state index contributed by atoms with van der Waals surface area (Å²) < 4.78 is 9.62. The van der Waals surface area contributed by atoms with Crippen molar-refractivity contribution in [1.29, 1.82) is 0 Å². The molecule has 0 saturated heterocycles. The van der Waals surface area contributed by atoms with Crippen LogP contribution in [0.5, 0.6) is 5.75 Å². The number of aromatic nitrogens is 3. The van der Waals surface area contributed by atoms with Crippen molar-refractivity contribution in [3.8, 4) is 5.75 Å². The van der Waals surface area contributed by atoms with Crippen LogP contribution in [0.2, 0.25) is 0 Å². The molecule has 3 heterocycles. The smallest absolute Gasteiger partial charge is 0.259 e. The lowest BCUT2D eigenvalue weighted by molar-refractivity contribution is -0.122. The van der Waals surface area contributed by atoms with Crippen molar-refractivity contribution in [2.75, 3.05) is 7.11 Å². The van der Waals surface area contributed by atoms with E-state index in [0.717, 1.165) is 47.1 Å². The molecule has 0 spiro atoms. The van der Waals surface area contributed by atoms with Crippen molar-refractivity contribution in [2.45, 2.75) is 26.4 Å². The Labute approximate surface area is 191 Å². The number of hydrogen-bond donors (Lipinski definition) is 1. The van der Waals surface area contributed by atoms with Crippen LogP contribution in [0.15, 0.2) is 67.4 Å². The average molecular weight is 441 g/mol. The van der Waals surface area contributed by atoms with Crippen LogP contribution in [-0.2, 0) is 22.7 Å². The summed E-state index contributed by atoms with van der Waals surface area (Å²) in [7, 11) is 1.62. The zero-order chi connectivity index (χ0) is 22.9. The molecule has 1 aliphatic heterocycles. The van der Waals surface area contributed by atoms with E-state index in [1.54, 1.807) is 19.6 Å². The summed E-state index contributed by atoms with van der Waals surface area (Å²) in [4.78, 5) is 29.9. The summed E-state index contributed by atoms with van der Waals surface area (Å²) in [6, 6.07) is 13.5. The van der Waals surface area contributed by atoms with Gasteiger partial charge in [-0.3, -0.25) is 14.9 Å². The second kappa shape index (κ2) is 8.43. The molecule has 33 heavy (non-hydrogen) atoms. The summed E-state index contributed by atoms with van der Waals surface area (Å²) >= 11 is 0. The lowest BCUT2D eigenvalue weighted by atomic mass is 9.95. The topological polar surface area (TPSA) is 78.1 Å². The van der Waals surface area contributed by atoms with Crippen molar-refractivity contribution in [1.82, 2.24) is 19.4 Å². The fraction of sp³-hybridized carbons (Fsp3) is 0.192. The number of amides is 2. The number of carbonyl (C=O) groups excluding carboxylic acids is 2. The van der Waals surface area contributed by atoms with E-state index in [4.69, 9.17) is 4.74 Å². The van der Waals surface area contributed by atoms with Crippen molar-refractivity contribution >= 4 is 33.9 Å². The molecule has 2 aromatic carbocycles. The zero-order valence-electron chi connectivity index (χ0n) is 18.5. The maximum absolute atomic E-state index is 13.0. The normalized spacial score (nSPS) is 13.8. The van der Waals surface area contributed by atoms with Gasteiger partial charge < -0.3 is 13.9 Å². The van der Waals surface area contributed by atoms with Gasteiger partial charge in [-0.25, -0.2) is 4.98 Å². The molecule has 2 aromatic heterocycles. The van der Waals surface area contributed by atoms with Gasteiger partial charge >= 0.3 is 0 Å². The molecular weight excluding hydrogens is 416 g/mol. The molecule has 1 N–H and O–H groups in total. The molecule has 0 unspecified atom stereocenters. The van der Waals surface area contributed by atoms with Crippen LogP contribution in [0.4, 0.5) is 0 Å². The number of ether oxygens (including phenoxy) is 1. The standard InChI is InChI=1S/C26H24N4O3/c1-17-4-6-18(7-5-17)23-24(26(32)28-25(23)31)21-15-30(12-3-11-29-13-10-27-16-29)22-9-8-19(33-2)14-20(21)22/h4-10,13-16H,3,11-12H2,1-2H3,(H,28,31,32). The fourth-order valence-corrected chi connectivity index (χ4v) is 4.34. The SMILES string of the molecule is COc1ccc2c(c1)c(C1=C(c3ccc(C)cc3)C(=O)NC1=O)cn2CCCn1ccnc1. The number of nitrogens with zero attached hydrogens (tertiary/aromatic N) is 3. The number of aryl methyl sites for hydroxylation is 3. The number of imide groups is 1. The Morgan fingerprint density at radius 1 is 1.00 bits per heavy atom. The fourth-order valence-electron chi connectivity index (χ4n) is 4.34. The van der Waals surface area contributed by atoms with E-state index in [0.29, 0.717) is 16.9 Å². The van der Waals surface area contributed by atoms with Crippen molar-refractivity contribution < 1.29 is 14.3 Å². The van der Waals surface area contributed by atoms with E-state index in [1.807, 2.05) is 66.3 Å². The predicted octanol–water partition coefficient (Wildman–Crippen LogP) is 3.81. The number of nitrogens with one attached hydrogen (secondary N) is 1. The number of methoxy groups -OCH3 is 1. The molecule has 0 aliphatic carbocycles. The zero-order valence-corrected chi connectivity index (χ0v) is 18.5. The van der Waals surface area contributed by atoms with Gasteiger partial charge in [-0.1, -0.05) is 29.8 Å². The lowest BCUT2D eigenvalue weighted by Crippen LogP contribution is -2.22. The Kier molecular flexibility index (Phi) is 5.30. The van der Waals surface area contributed by atoms with Crippen molar-refractivity contribution in [3.05, 3.63) is 84.1 Å². The van der Waals surface area contributed by atoms with Crippen LogP contribution in [0.25, 0.3) is 22.0 Å². The molecular formula is C26H24N4O3. The number of rotatable bonds is 7. The highest BCUT2D eigenvalue weighted by atomic mass is 16.5. The van der Waals surface area contributed by atoms with Crippen LogP contribution in [-0.4, -0.2) is 33.0 Å². The Morgan fingerprint density at radius 2 is 1.79 bits per heavy atom. The third kappa shape index (κ3) is 3.82. The summed E-state index contributed by atoms with van der Waals surface area (Å²) in [5, 5.41) is 3.37. The molecule has 7 heteroatoms. The number of hydrogen-bond acceptors (Lipinski definition) is 4. The van der Waals surface area contributed by atoms with Gasteiger partial charge in [-0.2, -0.15) is 0 Å². The van der Waals surface area contributed by atoms with Gasteiger partial charge in [0.2, 0.25) is 0 Å². The average Bonchev–Trinajstić information content (AvgIpc) is 3.52. The molecule has 166 valence electrons. The second-order valence-electron chi connectivity index (χ2n) is 8.17. The maximum Gasteiger partial charge on any atom is 0.259 e. The van der Waals surface area contributed by atoms with Crippen LogP contribution in [0.1, 0.15) is 23.1 Å². The van der Waals surface area contributed by atoms with Gasteiger partial charge in [-0.15, -0.1) is 0 Å². The van der Waals surface area contributed by atoms with E-state index in [2.05, 4.69) is 14.9 Å². The van der Waals surface area contributed by atoms with E-state index in [9.17, 15) is 9.59 Å². The Morgan fingerprint density at radius 3 is 2.52 bits per heavy atom. The highest BCUT2D eigenvalue weighted by molar-refractivity contribution is 6.50. The summed E-state index contributed by atoms with van der Waals surface area (Å²) in [6.45, 7) is 3.58. The Bertz CT molecular complexity index is 1380. The summed E-state index contributed by atoms with van der Waals surface area (Å²) in [6.07, 6.45) is 8.37. The molecule has 2 amide bonds. The van der Waals surface area contributed by atoms with E-state index < -0.39 is 0 Å². The first-order valence-corrected chi connectivity index (χ1v) is 10.8. The molecule has 5 rings (SSSR count). The van der Waals surface area contributed by atoms with E-state index in [1.165, 1.54) is 0 Å². The van der Waals surface area contributed by atoms with Crippen LogP contribution in [0, 0.1) is 6.92 Å².